The molecule has 1 fully saturated rings. The van der Waals surface area contributed by atoms with Gasteiger partial charge in [0.15, 0.2) is 0 Å². The SMILES string of the molecule is CC(C)C(CN([C@@H](C)Cc1ccccc1F)[SH](=O)=O)N1C(=O)[C@@H](CC(=O)O)O[C@H](c2cccc(Cl)c2)[C@H]1c1ccc(Cl)cc1. The Balaban J connectivity index is 1.83. The minimum absolute atomic E-state index is 0.107. The Kier molecular flexibility index (Phi) is 11.4. The summed E-state index contributed by atoms with van der Waals surface area (Å²) in [5, 5.41) is 10.6. The number of amides is 1. The van der Waals surface area contributed by atoms with Gasteiger partial charge in [0.05, 0.1) is 12.5 Å². The largest absolute Gasteiger partial charge is 0.481 e. The van der Waals surface area contributed by atoms with Crippen LogP contribution >= 0.6 is 23.2 Å². The average molecular weight is 666 g/mol. The van der Waals surface area contributed by atoms with E-state index in [0.717, 1.165) is 0 Å². The summed E-state index contributed by atoms with van der Waals surface area (Å²) in [6.45, 7) is 5.31. The molecule has 1 heterocycles. The highest BCUT2D eigenvalue weighted by Gasteiger charge is 2.48. The van der Waals surface area contributed by atoms with Gasteiger partial charge in [-0.25, -0.2) is 12.8 Å². The molecular weight excluding hydrogens is 630 g/mol. The summed E-state index contributed by atoms with van der Waals surface area (Å²) in [5.41, 5.74) is 1.64. The lowest BCUT2D eigenvalue weighted by molar-refractivity contribution is -0.185. The Hall–Kier alpha value is -3.02. The van der Waals surface area contributed by atoms with E-state index in [2.05, 4.69) is 0 Å². The summed E-state index contributed by atoms with van der Waals surface area (Å²) >= 11 is 12.5. The molecule has 0 radical (unpaired) electrons. The van der Waals surface area contributed by atoms with E-state index in [0.29, 0.717) is 26.7 Å². The average Bonchev–Trinajstić information content (AvgIpc) is 2.96. The molecule has 1 saturated heterocycles. The van der Waals surface area contributed by atoms with Crippen molar-refractivity contribution in [3.8, 4) is 0 Å². The highest BCUT2D eigenvalue weighted by molar-refractivity contribution is 7.69. The summed E-state index contributed by atoms with van der Waals surface area (Å²) in [5.74, 6) is -2.52. The van der Waals surface area contributed by atoms with Gasteiger partial charge in [-0.2, -0.15) is 4.31 Å². The molecule has 3 aromatic carbocycles. The first kappa shape index (κ1) is 33.9. The number of carboxylic acids is 1. The van der Waals surface area contributed by atoms with Crippen LogP contribution in [0.3, 0.4) is 0 Å². The smallest absolute Gasteiger partial charge is 0.306 e. The highest BCUT2D eigenvalue weighted by Crippen LogP contribution is 2.45. The van der Waals surface area contributed by atoms with Gasteiger partial charge in [-0.15, -0.1) is 0 Å². The molecule has 0 aliphatic carbocycles. The Bertz CT molecular complexity index is 1550. The van der Waals surface area contributed by atoms with Crippen LogP contribution in [0.5, 0.6) is 0 Å². The molecule has 44 heavy (non-hydrogen) atoms. The van der Waals surface area contributed by atoms with Crippen molar-refractivity contribution in [2.24, 2.45) is 5.92 Å². The van der Waals surface area contributed by atoms with Gasteiger partial charge >= 0.3 is 5.97 Å². The Morgan fingerprint density at radius 3 is 2.27 bits per heavy atom. The van der Waals surface area contributed by atoms with E-state index in [1.807, 2.05) is 13.8 Å². The number of hydrogen-bond donors (Lipinski definition) is 2. The van der Waals surface area contributed by atoms with Crippen LogP contribution in [0, 0.1) is 11.7 Å². The van der Waals surface area contributed by atoms with Crippen LogP contribution in [0.25, 0.3) is 0 Å². The first-order valence-corrected chi connectivity index (χ1v) is 16.1. The van der Waals surface area contributed by atoms with E-state index in [1.165, 1.54) is 10.4 Å². The number of aliphatic carboxylic acids is 1. The molecule has 1 aliphatic rings. The zero-order valence-corrected chi connectivity index (χ0v) is 26.9. The monoisotopic (exact) mass is 664 g/mol. The molecule has 0 bridgehead atoms. The normalized spacial score (nSPS) is 20.3. The number of carbonyl (C=O) groups excluding carboxylic acids is 1. The first-order chi connectivity index (χ1) is 20.9. The zero-order chi connectivity index (χ0) is 32.1. The van der Waals surface area contributed by atoms with Gasteiger partial charge in [0.1, 0.15) is 18.0 Å². The molecule has 4 rings (SSSR count). The standard InChI is InChI=1S/C32H35Cl2FN2O6S/c1-19(2)27(18-36(44(41)42)20(3)15-22-7-4-5-10-26(22)35)37-30(21-11-13-24(33)14-12-21)31(23-8-6-9-25(34)16-23)43-28(32(37)40)17-29(38)39/h4-14,16,19-20,27-28,30-31,44H,15,17-18H2,1-3H3,(H,38,39)/t20-,27?,28+,30+,31+/m0/s1. The van der Waals surface area contributed by atoms with Gasteiger partial charge in [0.25, 0.3) is 5.91 Å². The third kappa shape index (κ3) is 7.97. The van der Waals surface area contributed by atoms with Gasteiger partial charge < -0.3 is 14.7 Å². The summed E-state index contributed by atoms with van der Waals surface area (Å²) in [6.07, 6.45) is -2.66. The molecule has 0 saturated carbocycles. The number of hydrogen-bond acceptors (Lipinski definition) is 5. The molecule has 0 aromatic heterocycles. The van der Waals surface area contributed by atoms with Crippen LogP contribution in [0.2, 0.25) is 10.0 Å². The van der Waals surface area contributed by atoms with Crippen LogP contribution in [-0.4, -0.2) is 59.3 Å². The Morgan fingerprint density at radius 1 is 1.00 bits per heavy atom. The quantitative estimate of drug-likeness (QED) is 0.227. The summed E-state index contributed by atoms with van der Waals surface area (Å²) < 4.78 is 47.4. The van der Waals surface area contributed by atoms with Gasteiger partial charge in [-0.05, 0) is 66.3 Å². The zero-order valence-electron chi connectivity index (χ0n) is 24.5. The number of halogens is 3. The number of nitrogens with zero attached hydrogens (tertiary/aromatic N) is 2. The summed E-state index contributed by atoms with van der Waals surface area (Å²) in [6, 6.07) is 17.8. The number of carboxylic acid groups (broad SMARTS) is 1. The van der Waals surface area contributed by atoms with Gasteiger partial charge in [0, 0.05) is 28.7 Å². The van der Waals surface area contributed by atoms with E-state index < -0.39 is 65.3 Å². The van der Waals surface area contributed by atoms with Crippen molar-refractivity contribution in [2.45, 2.75) is 63.9 Å². The first-order valence-electron chi connectivity index (χ1n) is 14.2. The van der Waals surface area contributed by atoms with Crippen molar-refractivity contribution >= 4 is 46.0 Å². The van der Waals surface area contributed by atoms with E-state index >= 15 is 0 Å². The molecular formula is C32H35Cl2FN2O6S. The van der Waals surface area contributed by atoms with Crippen molar-refractivity contribution in [3.63, 3.8) is 0 Å². The second-order valence-electron chi connectivity index (χ2n) is 11.3. The lowest BCUT2D eigenvalue weighted by Crippen LogP contribution is -2.59. The van der Waals surface area contributed by atoms with Crippen molar-refractivity contribution in [1.29, 1.82) is 0 Å². The molecule has 5 atom stereocenters. The molecule has 1 aliphatic heterocycles. The number of rotatable bonds is 12. The summed E-state index contributed by atoms with van der Waals surface area (Å²) in [4.78, 5) is 27.7. The fourth-order valence-electron chi connectivity index (χ4n) is 5.67. The maximum Gasteiger partial charge on any atom is 0.306 e. The van der Waals surface area contributed by atoms with Crippen molar-refractivity contribution < 1.29 is 32.2 Å². The minimum Gasteiger partial charge on any atom is -0.481 e. The van der Waals surface area contributed by atoms with Crippen LogP contribution in [0.1, 0.15) is 56.0 Å². The molecule has 8 nitrogen and oxygen atoms in total. The van der Waals surface area contributed by atoms with Crippen LogP contribution in [0.15, 0.2) is 72.8 Å². The molecule has 0 spiro atoms. The van der Waals surface area contributed by atoms with Crippen LogP contribution in [-0.2, 0) is 31.6 Å². The maximum atomic E-state index is 14.5. The predicted octanol–water partition coefficient (Wildman–Crippen LogP) is 6.10. The van der Waals surface area contributed by atoms with E-state index in [9.17, 15) is 27.5 Å². The number of ether oxygens (including phenoxy) is 1. The molecule has 1 N–H and O–H groups in total. The fourth-order valence-corrected chi connectivity index (χ4v) is 6.70. The second kappa shape index (κ2) is 14.8. The van der Waals surface area contributed by atoms with E-state index in [1.54, 1.807) is 78.6 Å². The topological polar surface area (TPSA) is 104 Å². The summed E-state index contributed by atoms with van der Waals surface area (Å²) in [7, 11) is -3.15. The number of thiol groups is 1. The van der Waals surface area contributed by atoms with E-state index in [-0.39, 0.29) is 18.9 Å². The lowest BCUT2D eigenvalue weighted by atomic mass is 9.87. The Morgan fingerprint density at radius 2 is 1.68 bits per heavy atom. The van der Waals surface area contributed by atoms with Gasteiger partial charge in [-0.1, -0.05) is 79.5 Å². The predicted molar refractivity (Wildman–Crippen MR) is 168 cm³/mol. The third-order valence-corrected chi connectivity index (χ3v) is 9.33. The molecule has 12 heteroatoms. The number of benzene rings is 3. The fraction of sp³-hybridized carbons (Fsp3) is 0.375. The highest BCUT2D eigenvalue weighted by atomic mass is 35.5. The van der Waals surface area contributed by atoms with Crippen LogP contribution < -0.4 is 0 Å². The molecule has 1 unspecified atom stereocenters. The molecule has 236 valence electrons. The number of carbonyl (C=O) groups is 2. The second-order valence-corrected chi connectivity index (χ2v) is 13.1. The number of morpholine rings is 1. The minimum atomic E-state index is -3.15. The molecule has 3 aromatic rings. The maximum absolute atomic E-state index is 14.5. The van der Waals surface area contributed by atoms with Crippen molar-refractivity contribution in [2.75, 3.05) is 6.54 Å². The van der Waals surface area contributed by atoms with Crippen molar-refractivity contribution in [1.82, 2.24) is 9.21 Å². The third-order valence-electron chi connectivity index (χ3n) is 7.87. The van der Waals surface area contributed by atoms with Crippen molar-refractivity contribution in [3.05, 3.63) is 105 Å². The lowest BCUT2D eigenvalue weighted by Gasteiger charge is -2.50. The van der Waals surface area contributed by atoms with Gasteiger partial charge in [-0.3, -0.25) is 9.59 Å². The van der Waals surface area contributed by atoms with Gasteiger partial charge in [0.2, 0.25) is 10.9 Å². The molecule has 1 amide bonds. The van der Waals surface area contributed by atoms with Crippen LogP contribution in [0.4, 0.5) is 4.39 Å². The Labute approximate surface area is 268 Å². The van der Waals surface area contributed by atoms with E-state index in [4.69, 9.17) is 27.9 Å².